The molecule has 7 heteroatoms. The standard InChI is InChI=1S/C12H14FN5O/c1-6-10(7(2)18-17-6)15-12(19)8-4-3-5-9(13)11(8)16-14/h3-5,16H,14H2,1-2H3,(H,15,19)(H,17,18). The van der Waals surface area contributed by atoms with Gasteiger partial charge in [0.25, 0.3) is 5.91 Å². The summed E-state index contributed by atoms with van der Waals surface area (Å²) >= 11 is 0. The van der Waals surface area contributed by atoms with E-state index in [0.29, 0.717) is 11.4 Å². The molecule has 0 unspecified atom stereocenters. The number of nitrogens with two attached hydrogens (primary N) is 1. The molecule has 0 fully saturated rings. The summed E-state index contributed by atoms with van der Waals surface area (Å²) in [5.74, 6) is 4.19. The van der Waals surface area contributed by atoms with E-state index < -0.39 is 11.7 Å². The Morgan fingerprint density at radius 2 is 2.11 bits per heavy atom. The minimum atomic E-state index is -0.587. The number of nitrogens with one attached hydrogen (secondary N) is 3. The Balaban J connectivity index is 2.33. The maximum absolute atomic E-state index is 13.5. The number of amides is 1. The van der Waals surface area contributed by atoms with E-state index in [1.807, 2.05) is 0 Å². The van der Waals surface area contributed by atoms with Crippen LogP contribution in [0.25, 0.3) is 0 Å². The molecule has 0 spiro atoms. The number of H-pyrrole nitrogens is 1. The summed E-state index contributed by atoms with van der Waals surface area (Å²) in [6, 6.07) is 4.15. The summed E-state index contributed by atoms with van der Waals surface area (Å²) in [6.45, 7) is 3.54. The van der Waals surface area contributed by atoms with E-state index in [4.69, 9.17) is 5.84 Å². The summed E-state index contributed by atoms with van der Waals surface area (Å²) in [6.07, 6.45) is 0. The Labute approximate surface area is 109 Å². The number of rotatable bonds is 3. The number of hydrogen-bond donors (Lipinski definition) is 4. The van der Waals surface area contributed by atoms with Crippen molar-refractivity contribution in [2.24, 2.45) is 5.84 Å². The van der Waals surface area contributed by atoms with E-state index >= 15 is 0 Å². The second-order valence-electron chi connectivity index (χ2n) is 4.07. The first-order valence-corrected chi connectivity index (χ1v) is 5.62. The number of benzene rings is 1. The van der Waals surface area contributed by atoms with E-state index in [1.54, 1.807) is 13.8 Å². The molecule has 1 aromatic carbocycles. The first kappa shape index (κ1) is 13.0. The van der Waals surface area contributed by atoms with Crippen LogP contribution >= 0.6 is 0 Å². The van der Waals surface area contributed by atoms with Crippen molar-refractivity contribution in [2.45, 2.75) is 13.8 Å². The number of aryl methyl sites for hydroxylation is 2. The molecule has 0 aliphatic heterocycles. The summed E-state index contributed by atoms with van der Waals surface area (Å²) in [5, 5.41) is 9.41. The number of para-hydroxylation sites is 1. The Kier molecular flexibility index (Phi) is 3.48. The van der Waals surface area contributed by atoms with Gasteiger partial charge in [-0.1, -0.05) is 6.07 Å². The van der Waals surface area contributed by atoms with Crippen LogP contribution in [0.5, 0.6) is 0 Å². The van der Waals surface area contributed by atoms with Crippen LogP contribution in [-0.4, -0.2) is 16.1 Å². The summed E-state index contributed by atoms with van der Waals surface area (Å²) in [7, 11) is 0. The minimum Gasteiger partial charge on any atom is -0.321 e. The highest BCUT2D eigenvalue weighted by atomic mass is 19.1. The van der Waals surface area contributed by atoms with Gasteiger partial charge in [-0.2, -0.15) is 5.10 Å². The summed E-state index contributed by atoms with van der Waals surface area (Å²) in [5.41, 5.74) is 4.24. The van der Waals surface area contributed by atoms with Gasteiger partial charge in [0.05, 0.1) is 28.3 Å². The summed E-state index contributed by atoms with van der Waals surface area (Å²) < 4.78 is 13.5. The van der Waals surface area contributed by atoms with Crippen LogP contribution < -0.4 is 16.6 Å². The van der Waals surface area contributed by atoms with Gasteiger partial charge >= 0.3 is 0 Å². The molecule has 0 saturated carbocycles. The number of halogens is 1. The van der Waals surface area contributed by atoms with Crippen molar-refractivity contribution >= 4 is 17.3 Å². The molecule has 0 atom stereocenters. The van der Waals surface area contributed by atoms with Crippen molar-refractivity contribution in [1.29, 1.82) is 0 Å². The number of hydrogen-bond acceptors (Lipinski definition) is 4. The number of carbonyl (C=O) groups is 1. The van der Waals surface area contributed by atoms with Crippen molar-refractivity contribution in [2.75, 3.05) is 10.7 Å². The maximum Gasteiger partial charge on any atom is 0.258 e. The van der Waals surface area contributed by atoms with Crippen molar-refractivity contribution in [1.82, 2.24) is 10.2 Å². The first-order chi connectivity index (χ1) is 9.04. The molecule has 5 N–H and O–H groups in total. The fourth-order valence-electron chi connectivity index (χ4n) is 1.78. The number of carbonyl (C=O) groups excluding carboxylic acids is 1. The molecule has 0 bridgehead atoms. The lowest BCUT2D eigenvalue weighted by atomic mass is 10.1. The molecule has 0 saturated heterocycles. The van der Waals surface area contributed by atoms with Crippen LogP contribution in [0.2, 0.25) is 0 Å². The molecule has 100 valence electrons. The van der Waals surface area contributed by atoms with Gasteiger partial charge in [0, 0.05) is 0 Å². The lowest BCUT2D eigenvalue weighted by Crippen LogP contribution is -2.18. The third kappa shape index (κ3) is 2.41. The zero-order valence-corrected chi connectivity index (χ0v) is 10.5. The van der Waals surface area contributed by atoms with Gasteiger partial charge in [-0.05, 0) is 26.0 Å². The second-order valence-corrected chi connectivity index (χ2v) is 4.07. The molecule has 2 rings (SSSR count). The third-order valence-electron chi connectivity index (χ3n) is 2.77. The molecule has 1 amide bonds. The normalized spacial score (nSPS) is 10.3. The second kappa shape index (κ2) is 5.07. The van der Waals surface area contributed by atoms with Gasteiger partial charge < -0.3 is 10.7 Å². The molecule has 2 aromatic rings. The average Bonchev–Trinajstić information content (AvgIpc) is 2.70. The molecule has 0 aliphatic rings. The Hall–Kier alpha value is -2.41. The van der Waals surface area contributed by atoms with E-state index in [1.165, 1.54) is 18.2 Å². The topological polar surface area (TPSA) is 95.8 Å². The molecule has 0 aliphatic carbocycles. The molecule has 6 nitrogen and oxygen atoms in total. The highest BCUT2D eigenvalue weighted by Gasteiger charge is 2.17. The highest BCUT2D eigenvalue weighted by molar-refractivity contribution is 6.08. The van der Waals surface area contributed by atoms with Gasteiger partial charge in [0.1, 0.15) is 5.82 Å². The lowest BCUT2D eigenvalue weighted by molar-refractivity contribution is 0.102. The molecule has 0 radical (unpaired) electrons. The Bertz CT molecular complexity index is 603. The fourth-order valence-corrected chi connectivity index (χ4v) is 1.78. The number of aromatic amines is 1. The minimum absolute atomic E-state index is 0.0428. The van der Waals surface area contributed by atoms with Crippen LogP contribution in [0.4, 0.5) is 15.8 Å². The highest BCUT2D eigenvalue weighted by Crippen LogP contribution is 2.22. The molecule has 1 heterocycles. The number of anilines is 2. The molecule has 19 heavy (non-hydrogen) atoms. The van der Waals surface area contributed by atoms with Gasteiger partial charge in [-0.15, -0.1) is 0 Å². The molecule has 1 aromatic heterocycles. The van der Waals surface area contributed by atoms with Gasteiger partial charge in [0.2, 0.25) is 0 Å². The number of hydrazine groups is 1. The van der Waals surface area contributed by atoms with E-state index in [0.717, 1.165) is 5.69 Å². The Morgan fingerprint density at radius 3 is 2.68 bits per heavy atom. The predicted octanol–water partition coefficient (Wildman–Crippen LogP) is 1.70. The number of aromatic nitrogens is 2. The Morgan fingerprint density at radius 1 is 1.37 bits per heavy atom. The largest absolute Gasteiger partial charge is 0.321 e. The van der Waals surface area contributed by atoms with Gasteiger partial charge in [-0.3, -0.25) is 15.7 Å². The quantitative estimate of drug-likeness (QED) is 0.500. The van der Waals surface area contributed by atoms with E-state index in [2.05, 4.69) is 20.9 Å². The molecular formula is C12H14FN5O. The first-order valence-electron chi connectivity index (χ1n) is 5.62. The fraction of sp³-hybridized carbons (Fsp3) is 0.167. The van der Waals surface area contributed by atoms with Crippen LogP contribution in [0, 0.1) is 19.7 Å². The monoisotopic (exact) mass is 263 g/mol. The van der Waals surface area contributed by atoms with Crippen molar-refractivity contribution in [3.63, 3.8) is 0 Å². The third-order valence-corrected chi connectivity index (χ3v) is 2.77. The number of nitrogen functional groups attached to an aromatic ring is 1. The van der Waals surface area contributed by atoms with Gasteiger partial charge in [-0.25, -0.2) is 4.39 Å². The average molecular weight is 263 g/mol. The van der Waals surface area contributed by atoms with Crippen LogP contribution in [-0.2, 0) is 0 Å². The van der Waals surface area contributed by atoms with Crippen molar-refractivity contribution < 1.29 is 9.18 Å². The van der Waals surface area contributed by atoms with Gasteiger partial charge in [0.15, 0.2) is 0 Å². The lowest BCUT2D eigenvalue weighted by Gasteiger charge is -2.10. The number of nitrogens with zero attached hydrogens (tertiary/aromatic N) is 1. The smallest absolute Gasteiger partial charge is 0.258 e. The van der Waals surface area contributed by atoms with Crippen molar-refractivity contribution in [3.05, 3.63) is 41.0 Å². The predicted molar refractivity (Wildman–Crippen MR) is 70.2 cm³/mol. The molecular weight excluding hydrogens is 249 g/mol. The van der Waals surface area contributed by atoms with Crippen LogP contribution in [0.1, 0.15) is 21.7 Å². The zero-order valence-electron chi connectivity index (χ0n) is 10.5. The van der Waals surface area contributed by atoms with Crippen molar-refractivity contribution in [3.8, 4) is 0 Å². The van der Waals surface area contributed by atoms with E-state index in [-0.39, 0.29) is 11.3 Å². The summed E-state index contributed by atoms with van der Waals surface area (Å²) in [4.78, 5) is 12.1. The van der Waals surface area contributed by atoms with Crippen LogP contribution in [0.15, 0.2) is 18.2 Å². The zero-order chi connectivity index (χ0) is 14.0. The van der Waals surface area contributed by atoms with E-state index in [9.17, 15) is 9.18 Å². The maximum atomic E-state index is 13.5. The van der Waals surface area contributed by atoms with Crippen LogP contribution in [0.3, 0.4) is 0 Å². The SMILES string of the molecule is Cc1n[nH]c(C)c1NC(=O)c1cccc(F)c1NN.